The van der Waals surface area contributed by atoms with Crippen molar-refractivity contribution < 1.29 is 13.8 Å². The van der Waals surface area contributed by atoms with E-state index in [1.165, 1.54) is 0 Å². The summed E-state index contributed by atoms with van der Waals surface area (Å²) < 4.78 is 25.0. The van der Waals surface area contributed by atoms with Crippen molar-refractivity contribution in [1.82, 2.24) is 0 Å². The quantitative estimate of drug-likeness (QED) is 0.587. The molecule has 0 aliphatic carbocycles. The van der Waals surface area contributed by atoms with Crippen LogP contribution in [0, 0.1) is 0 Å². The van der Waals surface area contributed by atoms with Gasteiger partial charge in [-0.05, 0) is 47.5 Å². The maximum absolute atomic E-state index is 13.8. The Bertz CT molecular complexity index is 997. The average Bonchev–Trinajstić information content (AvgIpc) is 2.68. The van der Waals surface area contributed by atoms with Crippen LogP contribution in [0.15, 0.2) is 78.9 Å². The fourth-order valence-corrected chi connectivity index (χ4v) is 4.89. The molecule has 130 valence electrons. The fraction of sp³-hybridized carbons (Fsp3) is 0.0476. The predicted molar refractivity (Wildman–Crippen MR) is 106 cm³/mol. The Balaban J connectivity index is 1.81. The SMILES string of the molecule is COc1ccc(C2=Cc3ccccc3N[P@@]2(=O)Oc2ccccc2)cc1. The second-order valence-electron chi connectivity index (χ2n) is 5.91. The highest BCUT2D eigenvalue weighted by Crippen LogP contribution is 2.62. The molecule has 1 atom stereocenters. The van der Waals surface area contributed by atoms with Gasteiger partial charge in [-0.15, -0.1) is 0 Å². The van der Waals surface area contributed by atoms with Gasteiger partial charge >= 0.3 is 7.52 Å². The van der Waals surface area contributed by atoms with Gasteiger partial charge in [0.25, 0.3) is 0 Å². The topological polar surface area (TPSA) is 47.6 Å². The Morgan fingerprint density at radius 2 is 1.50 bits per heavy atom. The van der Waals surface area contributed by atoms with E-state index >= 15 is 0 Å². The van der Waals surface area contributed by atoms with Crippen LogP contribution in [-0.4, -0.2) is 7.11 Å². The Kier molecular flexibility index (Phi) is 4.27. The van der Waals surface area contributed by atoms with E-state index in [-0.39, 0.29) is 0 Å². The molecule has 4 nitrogen and oxygen atoms in total. The minimum Gasteiger partial charge on any atom is -0.497 e. The molecule has 4 rings (SSSR count). The summed E-state index contributed by atoms with van der Waals surface area (Å²) in [6.45, 7) is 0. The van der Waals surface area contributed by atoms with E-state index in [4.69, 9.17) is 9.26 Å². The summed E-state index contributed by atoms with van der Waals surface area (Å²) >= 11 is 0. The molecule has 0 radical (unpaired) electrons. The summed E-state index contributed by atoms with van der Waals surface area (Å²) in [4.78, 5) is 0. The number of hydrogen-bond donors (Lipinski definition) is 1. The number of anilines is 1. The van der Waals surface area contributed by atoms with Crippen molar-refractivity contribution in [2.75, 3.05) is 12.2 Å². The van der Waals surface area contributed by atoms with E-state index in [2.05, 4.69) is 5.09 Å². The van der Waals surface area contributed by atoms with E-state index in [0.29, 0.717) is 11.1 Å². The van der Waals surface area contributed by atoms with Crippen LogP contribution in [0.4, 0.5) is 5.69 Å². The van der Waals surface area contributed by atoms with Gasteiger partial charge in [-0.2, -0.15) is 0 Å². The Hall–Kier alpha value is -2.97. The van der Waals surface area contributed by atoms with Gasteiger partial charge in [-0.25, -0.2) is 4.57 Å². The predicted octanol–water partition coefficient (Wildman–Crippen LogP) is 5.89. The van der Waals surface area contributed by atoms with E-state index in [1.54, 1.807) is 19.2 Å². The first-order valence-electron chi connectivity index (χ1n) is 8.27. The van der Waals surface area contributed by atoms with Crippen LogP contribution in [0.1, 0.15) is 11.1 Å². The van der Waals surface area contributed by atoms with E-state index < -0.39 is 7.52 Å². The maximum Gasteiger partial charge on any atom is 0.372 e. The minimum absolute atomic E-state index is 0.558. The lowest BCUT2D eigenvalue weighted by Crippen LogP contribution is -2.10. The van der Waals surface area contributed by atoms with Crippen molar-refractivity contribution in [3.8, 4) is 11.5 Å². The Morgan fingerprint density at radius 3 is 2.23 bits per heavy atom. The molecule has 1 aliphatic heterocycles. The number of methoxy groups -OCH3 is 1. The highest BCUT2D eigenvalue weighted by atomic mass is 31.2. The smallest absolute Gasteiger partial charge is 0.372 e. The summed E-state index contributed by atoms with van der Waals surface area (Å²) in [6.07, 6.45) is 1.93. The van der Waals surface area contributed by atoms with Gasteiger partial charge in [0.05, 0.1) is 12.4 Å². The zero-order chi connectivity index (χ0) is 18.0. The molecular formula is C21H18NO3P. The lowest BCUT2D eigenvalue weighted by atomic mass is 10.1. The van der Waals surface area contributed by atoms with Crippen LogP contribution in [0.5, 0.6) is 11.5 Å². The van der Waals surface area contributed by atoms with E-state index in [0.717, 1.165) is 22.6 Å². The molecule has 1 aliphatic rings. The van der Waals surface area contributed by atoms with Crippen LogP contribution in [0.2, 0.25) is 0 Å². The summed E-state index contributed by atoms with van der Waals surface area (Å²) in [7, 11) is -1.73. The number of nitrogens with one attached hydrogen (secondary N) is 1. The van der Waals surface area contributed by atoms with Gasteiger partial charge < -0.3 is 14.3 Å². The molecule has 5 heteroatoms. The monoisotopic (exact) mass is 363 g/mol. The van der Waals surface area contributed by atoms with Gasteiger partial charge in [0.15, 0.2) is 0 Å². The average molecular weight is 363 g/mol. The number of benzene rings is 3. The first-order chi connectivity index (χ1) is 12.7. The summed E-state index contributed by atoms with van der Waals surface area (Å²) in [6, 6.07) is 24.4. The third-order valence-electron chi connectivity index (χ3n) is 4.20. The summed E-state index contributed by atoms with van der Waals surface area (Å²) in [5, 5.41) is 3.76. The molecule has 0 fully saturated rings. The normalized spacial score (nSPS) is 18.3. The van der Waals surface area contributed by atoms with Crippen molar-refractivity contribution >= 4 is 24.6 Å². The van der Waals surface area contributed by atoms with Gasteiger partial charge in [0, 0.05) is 5.69 Å². The number of para-hydroxylation sites is 2. The summed E-state index contributed by atoms with van der Waals surface area (Å²) in [5.74, 6) is 1.31. The van der Waals surface area contributed by atoms with Gasteiger partial charge in [0.2, 0.25) is 0 Å². The zero-order valence-corrected chi connectivity index (χ0v) is 15.1. The molecule has 0 spiro atoms. The van der Waals surface area contributed by atoms with Crippen LogP contribution >= 0.6 is 7.52 Å². The molecule has 1 heterocycles. The first kappa shape index (κ1) is 16.5. The molecule has 0 bridgehead atoms. The standard InChI is InChI=1S/C21H18NO3P/c1-24-18-13-11-16(12-14-18)21-15-17-7-5-6-10-20(17)22-26(21,23)25-19-8-3-2-4-9-19/h2-15H,1H3,(H,22,23)/t26-/m0/s1. The molecule has 26 heavy (non-hydrogen) atoms. The lowest BCUT2D eigenvalue weighted by molar-refractivity contribution is 0.415. The Labute approximate surface area is 152 Å². The number of fused-ring (bicyclic) bond motifs is 1. The molecule has 0 saturated carbocycles. The molecule has 0 saturated heterocycles. The molecule has 0 aromatic heterocycles. The largest absolute Gasteiger partial charge is 0.497 e. The van der Waals surface area contributed by atoms with E-state index in [9.17, 15) is 4.57 Å². The second-order valence-corrected chi connectivity index (χ2v) is 7.90. The van der Waals surface area contributed by atoms with E-state index in [1.807, 2.05) is 72.8 Å². The zero-order valence-electron chi connectivity index (χ0n) is 14.3. The van der Waals surface area contributed by atoms with Crippen LogP contribution in [0.3, 0.4) is 0 Å². The number of hydrogen-bond acceptors (Lipinski definition) is 3. The second kappa shape index (κ2) is 6.74. The maximum atomic E-state index is 13.8. The van der Waals surface area contributed by atoms with Crippen molar-refractivity contribution in [2.45, 2.75) is 0 Å². The number of ether oxygens (including phenoxy) is 1. The van der Waals surface area contributed by atoms with Crippen molar-refractivity contribution in [3.63, 3.8) is 0 Å². The molecular weight excluding hydrogens is 345 g/mol. The molecule has 0 amide bonds. The Morgan fingerprint density at radius 1 is 0.808 bits per heavy atom. The van der Waals surface area contributed by atoms with Gasteiger partial charge in [-0.3, -0.25) is 0 Å². The van der Waals surface area contributed by atoms with Crippen molar-refractivity contribution in [3.05, 3.63) is 90.0 Å². The van der Waals surface area contributed by atoms with Gasteiger partial charge in [0.1, 0.15) is 11.5 Å². The third-order valence-corrected chi connectivity index (χ3v) is 6.23. The van der Waals surface area contributed by atoms with Crippen molar-refractivity contribution in [1.29, 1.82) is 0 Å². The highest BCUT2D eigenvalue weighted by Gasteiger charge is 2.35. The molecule has 1 N–H and O–H groups in total. The highest BCUT2D eigenvalue weighted by molar-refractivity contribution is 7.72. The molecule has 0 unspecified atom stereocenters. The summed E-state index contributed by atoms with van der Waals surface area (Å²) in [5.41, 5.74) is 2.59. The fourth-order valence-electron chi connectivity index (χ4n) is 2.89. The van der Waals surface area contributed by atoms with Crippen LogP contribution in [-0.2, 0) is 4.57 Å². The first-order valence-corrected chi connectivity index (χ1v) is 9.89. The lowest BCUT2D eigenvalue weighted by Gasteiger charge is -2.28. The van der Waals surface area contributed by atoms with Crippen LogP contribution in [0.25, 0.3) is 11.4 Å². The molecule has 3 aromatic carbocycles. The van der Waals surface area contributed by atoms with Crippen molar-refractivity contribution in [2.24, 2.45) is 0 Å². The minimum atomic E-state index is -3.35. The number of rotatable bonds is 4. The van der Waals surface area contributed by atoms with Crippen LogP contribution < -0.4 is 14.3 Å². The van der Waals surface area contributed by atoms with Gasteiger partial charge in [-0.1, -0.05) is 48.5 Å². The molecule has 3 aromatic rings. The third kappa shape index (κ3) is 3.12.